The lowest BCUT2D eigenvalue weighted by Gasteiger charge is -2.30. The molecule has 0 unspecified atom stereocenters. The highest BCUT2D eigenvalue weighted by molar-refractivity contribution is 7.78. The number of nitrogens with one attached hydrogen (secondary N) is 1. The Morgan fingerprint density at radius 1 is 1.00 bits per heavy atom. The fourth-order valence-electron chi connectivity index (χ4n) is 4.55. The summed E-state index contributed by atoms with van der Waals surface area (Å²) < 4.78 is 0. The van der Waals surface area contributed by atoms with Gasteiger partial charge in [-0.2, -0.15) is 0 Å². The lowest BCUT2D eigenvalue weighted by Crippen LogP contribution is -2.34. The topological polar surface area (TPSA) is 29.1 Å². The van der Waals surface area contributed by atoms with Crippen LogP contribution in [0.1, 0.15) is 55.2 Å². The van der Waals surface area contributed by atoms with Crippen molar-refractivity contribution in [3.05, 3.63) is 28.8 Å². The maximum absolute atomic E-state index is 13.2. The van der Waals surface area contributed by atoms with Gasteiger partial charge in [0.05, 0.1) is 12.3 Å². The standard InChI is InChI=1S/C20H30NOP/c1-15-13-16(2)18(17(3)14-15)21-19(22)20(9-10-20)23(4)11-7-5-6-8-12-23/h13-14H,5-12H2,1-4H3/p+1. The highest BCUT2D eigenvalue weighted by Crippen LogP contribution is 2.77. The van der Waals surface area contributed by atoms with Crippen molar-refractivity contribution in [2.75, 3.05) is 24.3 Å². The number of aryl methyl sites for hydroxylation is 3. The smallest absolute Gasteiger partial charge is 0.268 e. The number of benzene rings is 1. The van der Waals surface area contributed by atoms with Gasteiger partial charge in [-0.15, -0.1) is 0 Å². The number of hydrogen-bond donors (Lipinski definition) is 1. The van der Waals surface area contributed by atoms with Crippen LogP contribution in [0.5, 0.6) is 0 Å². The van der Waals surface area contributed by atoms with Crippen LogP contribution >= 0.6 is 7.26 Å². The predicted molar refractivity (Wildman–Crippen MR) is 102 cm³/mol. The molecule has 3 rings (SSSR count). The minimum Gasteiger partial charge on any atom is -0.322 e. The molecular formula is C20H31NOP+. The van der Waals surface area contributed by atoms with Gasteiger partial charge < -0.3 is 5.32 Å². The maximum atomic E-state index is 13.2. The normalized spacial score (nSPS) is 22.3. The molecule has 23 heavy (non-hydrogen) atoms. The second kappa shape index (κ2) is 6.20. The van der Waals surface area contributed by atoms with Crippen molar-refractivity contribution in [2.45, 2.75) is 64.5 Å². The zero-order valence-corrected chi connectivity index (χ0v) is 16.1. The van der Waals surface area contributed by atoms with Gasteiger partial charge in [0.15, 0.2) is 5.16 Å². The fraction of sp³-hybridized carbons (Fsp3) is 0.650. The molecule has 1 aromatic carbocycles. The zero-order valence-electron chi connectivity index (χ0n) is 15.2. The molecule has 126 valence electrons. The fourth-order valence-corrected chi connectivity index (χ4v) is 9.21. The molecule has 2 fully saturated rings. The third-order valence-corrected chi connectivity index (χ3v) is 11.5. The van der Waals surface area contributed by atoms with Gasteiger partial charge in [0.2, 0.25) is 0 Å². The van der Waals surface area contributed by atoms with E-state index in [1.54, 1.807) is 0 Å². The minimum absolute atomic E-state index is 0.00110. The van der Waals surface area contributed by atoms with E-state index in [4.69, 9.17) is 0 Å². The molecule has 0 spiro atoms. The van der Waals surface area contributed by atoms with E-state index in [9.17, 15) is 4.79 Å². The monoisotopic (exact) mass is 332 g/mol. The summed E-state index contributed by atoms with van der Waals surface area (Å²) in [5.41, 5.74) is 4.70. The Labute approximate surface area is 141 Å². The van der Waals surface area contributed by atoms with E-state index in [0.29, 0.717) is 5.91 Å². The summed E-state index contributed by atoms with van der Waals surface area (Å²) in [7, 11) is -1.14. The molecule has 0 atom stereocenters. The Kier molecular flexibility index (Phi) is 4.58. The molecule has 2 aliphatic rings. The molecule has 1 aromatic rings. The van der Waals surface area contributed by atoms with Gasteiger partial charge in [-0.05, 0) is 57.6 Å². The summed E-state index contributed by atoms with van der Waals surface area (Å²) in [4.78, 5) is 13.2. The van der Waals surface area contributed by atoms with E-state index in [1.807, 2.05) is 0 Å². The lowest BCUT2D eigenvalue weighted by molar-refractivity contribution is -0.116. The minimum atomic E-state index is -1.14. The summed E-state index contributed by atoms with van der Waals surface area (Å²) in [5, 5.41) is 3.34. The zero-order chi connectivity index (χ0) is 16.7. The predicted octanol–water partition coefficient (Wildman–Crippen LogP) is 5.30. The van der Waals surface area contributed by atoms with Crippen LogP contribution in [-0.2, 0) is 4.79 Å². The molecular weight excluding hydrogens is 301 g/mol. The van der Waals surface area contributed by atoms with E-state index in [1.165, 1.54) is 54.7 Å². The van der Waals surface area contributed by atoms with Crippen molar-refractivity contribution in [1.29, 1.82) is 0 Å². The largest absolute Gasteiger partial charge is 0.322 e. The number of anilines is 1. The third kappa shape index (κ3) is 3.07. The SMILES string of the molecule is Cc1cc(C)c(NC(=O)C2([P+]3(C)CCCCCC3)CC2)c(C)c1. The Balaban J connectivity index is 1.83. The first kappa shape index (κ1) is 17.0. The highest BCUT2D eigenvalue weighted by atomic mass is 31.2. The summed E-state index contributed by atoms with van der Waals surface area (Å²) in [6.45, 7) is 8.82. The van der Waals surface area contributed by atoms with Crippen molar-refractivity contribution in [2.24, 2.45) is 0 Å². The van der Waals surface area contributed by atoms with Crippen LogP contribution in [0, 0.1) is 20.8 Å². The second-order valence-corrected chi connectivity index (χ2v) is 12.6. The van der Waals surface area contributed by atoms with Crippen molar-refractivity contribution in [3.8, 4) is 0 Å². The number of rotatable bonds is 3. The number of carbonyl (C=O) groups is 1. The lowest BCUT2D eigenvalue weighted by atomic mass is 10.0. The Hall–Kier alpha value is -0.880. The summed E-state index contributed by atoms with van der Waals surface area (Å²) >= 11 is 0. The first-order valence-electron chi connectivity index (χ1n) is 9.12. The molecule has 1 amide bonds. The Morgan fingerprint density at radius 3 is 2.00 bits per heavy atom. The van der Waals surface area contributed by atoms with Gasteiger partial charge in [-0.1, -0.05) is 17.7 Å². The van der Waals surface area contributed by atoms with E-state index in [2.05, 4.69) is 44.9 Å². The van der Waals surface area contributed by atoms with Crippen LogP contribution in [0.25, 0.3) is 0 Å². The van der Waals surface area contributed by atoms with Crippen molar-refractivity contribution < 1.29 is 4.79 Å². The summed E-state index contributed by atoms with van der Waals surface area (Å²) in [5.74, 6) is 0.324. The van der Waals surface area contributed by atoms with Crippen molar-refractivity contribution in [3.63, 3.8) is 0 Å². The van der Waals surface area contributed by atoms with Crippen molar-refractivity contribution >= 4 is 18.9 Å². The quantitative estimate of drug-likeness (QED) is 0.747. The summed E-state index contributed by atoms with van der Waals surface area (Å²) in [6, 6.07) is 4.34. The van der Waals surface area contributed by atoms with Crippen LogP contribution in [0.2, 0.25) is 0 Å². The third-order valence-electron chi connectivity index (χ3n) is 6.15. The van der Waals surface area contributed by atoms with Crippen molar-refractivity contribution in [1.82, 2.24) is 0 Å². The van der Waals surface area contributed by atoms with Gasteiger partial charge >= 0.3 is 0 Å². The summed E-state index contributed by atoms with van der Waals surface area (Å²) in [6.07, 6.45) is 10.3. The average molecular weight is 332 g/mol. The molecule has 0 radical (unpaired) electrons. The van der Waals surface area contributed by atoms with Gasteiger partial charge in [-0.3, -0.25) is 4.79 Å². The van der Waals surface area contributed by atoms with E-state index < -0.39 is 7.26 Å². The molecule has 1 saturated heterocycles. The van der Waals surface area contributed by atoms with Crippen LogP contribution in [0.4, 0.5) is 5.69 Å². The number of hydrogen-bond acceptors (Lipinski definition) is 1. The Bertz CT molecular complexity index is 587. The van der Waals surface area contributed by atoms with Gasteiger partial charge in [-0.25, -0.2) is 0 Å². The van der Waals surface area contributed by atoms with Gasteiger partial charge in [0.1, 0.15) is 0 Å². The average Bonchev–Trinajstić information content (AvgIpc) is 3.28. The van der Waals surface area contributed by atoms with Gasteiger partial charge in [0, 0.05) is 32.5 Å². The molecule has 1 aliphatic carbocycles. The van der Waals surface area contributed by atoms with E-state index in [-0.39, 0.29) is 5.16 Å². The molecule has 1 saturated carbocycles. The molecule has 0 aromatic heterocycles. The van der Waals surface area contributed by atoms with E-state index >= 15 is 0 Å². The molecule has 1 N–H and O–H groups in total. The number of amides is 1. The molecule has 3 heteroatoms. The Morgan fingerprint density at radius 2 is 1.52 bits per heavy atom. The molecule has 2 nitrogen and oxygen atoms in total. The first-order valence-corrected chi connectivity index (χ1v) is 11.7. The van der Waals surface area contributed by atoms with Crippen LogP contribution in [-0.4, -0.2) is 30.1 Å². The second-order valence-electron chi connectivity index (χ2n) is 8.02. The molecule has 1 heterocycles. The van der Waals surface area contributed by atoms with Gasteiger partial charge in [0.25, 0.3) is 5.91 Å². The van der Waals surface area contributed by atoms with Crippen LogP contribution < -0.4 is 5.32 Å². The van der Waals surface area contributed by atoms with Crippen LogP contribution in [0.15, 0.2) is 12.1 Å². The molecule has 0 bridgehead atoms. The molecule has 1 aliphatic heterocycles. The maximum Gasteiger partial charge on any atom is 0.268 e. The van der Waals surface area contributed by atoms with E-state index in [0.717, 1.165) is 18.5 Å². The number of carbonyl (C=O) groups excluding carboxylic acids is 1. The first-order chi connectivity index (χ1) is 10.9. The van der Waals surface area contributed by atoms with Crippen LogP contribution in [0.3, 0.4) is 0 Å². The highest BCUT2D eigenvalue weighted by Gasteiger charge is 2.67.